The summed E-state index contributed by atoms with van der Waals surface area (Å²) in [4.78, 5) is 0. The standard InChI is InChI=1S/C11H14N2O/c1-7-5-6-9-10(8(7)2)11(14-4)12-13(9)3/h5-6H,1-4H3. The van der Waals surface area contributed by atoms with E-state index >= 15 is 0 Å². The second kappa shape index (κ2) is 3.01. The fourth-order valence-electron chi connectivity index (χ4n) is 1.72. The van der Waals surface area contributed by atoms with E-state index in [1.165, 1.54) is 11.1 Å². The number of fused-ring (bicyclic) bond motifs is 1. The first-order valence-electron chi connectivity index (χ1n) is 4.62. The van der Waals surface area contributed by atoms with Crippen LogP contribution in [-0.2, 0) is 7.05 Å². The van der Waals surface area contributed by atoms with E-state index in [9.17, 15) is 0 Å². The summed E-state index contributed by atoms with van der Waals surface area (Å²) in [6, 6.07) is 4.19. The van der Waals surface area contributed by atoms with E-state index in [1.54, 1.807) is 7.11 Å². The zero-order chi connectivity index (χ0) is 10.3. The SMILES string of the molecule is COc1nn(C)c2ccc(C)c(C)c12. The molecule has 0 aliphatic carbocycles. The van der Waals surface area contributed by atoms with Crippen molar-refractivity contribution in [1.29, 1.82) is 0 Å². The van der Waals surface area contributed by atoms with Gasteiger partial charge in [-0.1, -0.05) is 6.07 Å². The maximum Gasteiger partial charge on any atom is 0.240 e. The lowest BCUT2D eigenvalue weighted by molar-refractivity contribution is 0.396. The highest BCUT2D eigenvalue weighted by atomic mass is 16.5. The Balaban J connectivity index is 2.91. The zero-order valence-corrected chi connectivity index (χ0v) is 8.96. The molecule has 0 N–H and O–H groups in total. The predicted molar refractivity (Wildman–Crippen MR) is 56.7 cm³/mol. The molecular weight excluding hydrogens is 176 g/mol. The molecular formula is C11H14N2O. The quantitative estimate of drug-likeness (QED) is 0.689. The molecule has 0 unspecified atom stereocenters. The third-order valence-corrected chi connectivity index (χ3v) is 2.71. The van der Waals surface area contributed by atoms with Crippen LogP contribution in [0.5, 0.6) is 5.88 Å². The van der Waals surface area contributed by atoms with Crippen molar-refractivity contribution >= 4 is 10.9 Å². The molecule has 0 saturated carbocycles. The van der Waals surface area contributed by atoms with E-state index in [0.29, 0.717) is 5.88 Å². The summed E-state index contributed by atoms with van der Waals surface area (Å²) in [6.45, 7) is 4.20. The number of ether oxygens (including phenoxy) is 1. The van der Waals surface area contributed by atoms with Gasteiger partial charge in [0.25, 0.3) is 0 Å². The lowest BCUT2D eigenvalue weighted by Crippen LogP contribution is -1.90. The second-order valence-electron chi connectivity index (χ2n) is 3.53. The summed E-state index contributed by atoms with van der Waals surface area (Å²) in [7, 11) is 3.59. The highest BCUT2D eigenvalue weighted by Gasteiger charge is 2.11. The molecule has 0 aliphatic heterocycles. The van der Waals surface area contributed by atoms with Crippen molar-refractivity contribution in [2.45, 2.75) is 13.8 Å². The van der Waals surface area contributed by atoms with Crippen molar-refractivity contribution in [3.63, 3.8) is 0 Å². The fourth-order valence-corrected chi connectivity index (χ4v) is 1.72. The molecule has 0 aliphatic rings. The summed E-state index contributed by atoms with van der Waals surface area (Å²) in [5, 5.41) is 5.43. The first-order chi connectivity index (χ1) is 6.65. The van der Waals surface area contributed by atoms with Gasteiger partial charge in [0, 0.05) is 7.05 Å². The number of rotatable bonds is 1. The summed E-state index contributed by atoms with van der Waals surface area (Å²) in [6.07, 6.45) is 0. The molecule has 14 heavy (non-hydrogen) atoms. The van der Waals surface area contributed by atoms with E-state index in [0.717, 1.165) is 10.9 Å². The molecule has 0 atom stereocenters. The molecule has 74 valence electrons. The van der Waals surface area contributed by atoms with Gasteiger partial charge in [-0.25, -0.2) is 0 Å². The van der Waals surface area contributed by atoms with E-state index in [-0.39, 0.29) is 0 Å². The summed E-state index contributed by atoms with van der Waals surface area (Å²) < 4.78 is 7.10. The minimum atomic E-state index is 0.712. The Labute approximate surface area is 83.3 Å². The smallest absolute Gasteiger partial charge is 0.240 e. The molecule has 0 bridgehead atoms. The largest absolute Gasteiger partial charge is 0.479 e. The van der Waals surface area contributed by atoms with Crippen LogP contribution in [0.25, 0.3) is 10.9 Å². The minimum absolute atomic E-state index is 0.712. The van der Waals surface area contributed by atoms with Gasteiger partial charge in [0.15, 0.2) is 0 Å². The molecule has 3 nitrogen and oxygen atoms in total. The van der Waals surface area contributed by atoms with Crippen LogP contribution in [0.1, 0.15) is 11.1 Å². The van der Waals surface area contributed by atoms with Gasteiger partial charge in [-0.05, 0) is 31.0 Å². The molecule has 0 amide bonds. The Bertz CT molecular complexity index is 485. The number of aryl methyl sites for hydroxylation is 3. The second-order valence-corrected chi connectivity index (χ2v) is 3.53. The van der Waals surface area contributed by atoms with Crippen LogP contribution in [0.4, 0.5) is 0 Å². The number of hydrogen-bond acceptors (Lipinski definition) is 2. The summed E-state index contributed by atoms with van der Waals surface area (Å²) in [5.74, 6) is 0.712. The van der Waals surface area contributed by atoms with E-state index in [2.05, 4.69) is 31.1 Å². The van der Waals surface area contributed by atoms with Gasteiger partial charge >= 0.3 is 0 Å². The van der Waals surface area contributed by atoms with Gasteiger partial charge in [0.1, 0.15) is 0 Å². The molecule has 2 rings (SSSR count). The monoisotopic (exact) mass is 190 g/mol. The Kier molecular flexibility index (Phi) is 1.95. The Morgan fingerprint density at radius 1 is 1.29 bits per heavy atom. The summed E-state index contributed by atoms with van der Waals surface area (Å²) in [5.41, 5.74) is 3.63. The van der Waals surface area contributed by atoms with Gasteiger partial charge in [-0.2, -0.15) is 0 Å². The lowest BCUT2D eigenvalue weighted by atomic mass is 10.1. The van der Waals surface area contributed by atoms with Crippen molar-refractivity contribution in [3.8, 4) is 5.88 Å². The molecule has 1 heterocycles. The van der Waals surface area contributed by atoms with Crippen LogP contribution >= 0.6 is 0 Å². The van der Waals surface area contributed by atoms with Gasteiger partial charge in [-0.15, -0.1) is 5.10 Å². The predicted octanol–water partition coefficient (Wildman–Crippen LogP) is 2.20. The number of methoxy groups -OCH3 is 1. The molecule has 0 radical (unpaired) electrons. The van der Waals surface area contributed by atoms with Gasteiger partial charge in [0.2, 0.25) is 5.88 Å². The molecule has 3 heteroatoms. The van der Waals surface area contributed by atoms with Crippen molar-refractivity contribution in [2.24, 2.45) is 7.05 Å². The summed E-state index contributed by atoms with van der Waals surface area (Å²) >= 11 is 0. The Hall–Kier alpha value is -1.51. The first-order valence-corrected chi connectivity index (χ1v) is 4.62. The lowest BCUT2D eigenvalue weighted by Gasteiger charge is -2.02. The van der Waals surface area contributed by atoms with E-state index in [4.69, 9.17) is 4.74 Å². The first kappa shape index (κ1) is 9.06. The highest BCUT2D eigenvalue weighted by molar-refractivity contribution is 5.88. The minimum Gasteiger partial charge on any atom is -0.479 e. The Morgan fingerprint density at radius 3 is 2.64 bits per heavy atom. The van der Waals surface area contributed by atoms with Crippen LogP contribution in [-0.4, -0.2) is 16.9 Å². The van der Waals surface area contributed by atoms with Crippen LogP contribution in [0.15, 0.2) is 12.1 Å². The number of hydrogen-bond donors (Lipinski definition) is 0. The number of benzene rings is 1. The molecule has 0 saturated heterocycles. The van der Waals surface area contributed by atoms with Crippen LogP contribution in [0.3, 0.4) is 0 Å². The van der Waals surface area contributed by atoms with Crippen LogP contribution in [0, 0.1) is 13.8 Å². The molecule has 0 fully saturated rings. The average Bonchev–Trinajstić information content (AvgIpc) is 2.50. The van der Waals surface area contributed by atoms with Gasteiger partial charge < -0.3 is 4.74 Å². The van der Waals surface area contributed by atoms with Crippen molar-refractivity contribution in [1.82, 2.24) is 9.78 Å². The third-order valence-electron chi connectivity index (χ3n) is 2.71. The van der Waals surface area contributed by atoms with Crippen LogP contribution in [0.2, 0.25) is 0 Å². The molecule has 1 aromatic carbocycles. The topological polar surface area (TPSA) is 27.1 Å². The zero-order valence-electron chi connectivity index (χ0n) is 8.96. The third kappa shape index (κ3) is 1.09. The fraction of sp³-hybridized carbons (Fsp3) is 0.364. The van der Waals surface area contributed by atoms with Crippen LogP contribution < -0.4 is 4.74 Å². The number of nitrogens with zero attached hydrogens (tertiary/aromatic N) is 2. The van der Waals surface area contributed by atoms with E-state index in [1.807, 2.05) is 11.7 Å². The normalized spacial score (nSPS) is 10.9. The molecule has 1 aromatic heterocycles. The highest BCUT2D eigenvalue weighted by Crippen LogP contribution is 2.29. The molecule has 0 spiro atoms. The van der Waals surface area contributed by atoms with Crippen molar-refractivity contribution in [3.05, 3.63) is 23.3 Å². The van der Waals surface area contributed by atoms with E-state index < -0.39 is 0 Å². The van der Waals surface area contributed by atoms with Gasteiger partial charge in [-0.3, -0.25) is 4.68 Å². The Morgan fingerprint density at radius 2 is 2.00 bits per heavy atom. The maximum absolute atomic E-state index is 5.25. The number of aromatic nitrogens is 2. The maximum atomic E-state index is 5.25. The van der Waals surface area contributed by atoms with Crippen molar-refractivity contribution < 1.29 is 4.74 Å². The molecule has 2 aromatic rings. The van der Waals surface area contributed by atoms with Gasteiger partial charge in [0.05, 0.1) is 18.0 Å². The average molecular weight is 190 g/mol. The van der Waals surface area contributed by atoms with Crippen molar-refractivity contribution in [2.75, 3.05) is 7.11 Å².